The zero-order valence-corrected chi connectivity index (χ0v) is 18.8. The van der Waals surface area contributed by atoms with E-state index in [2.05, 4.69) is 20.5 Å². The predicted molar refractivity (Wildman–Crippen MR) is 121 cm³/mol. The number of rotatable bonds is 4. The maximum atomic E-state index is 12.4. The molecular weight excluding hydrogens is 418 g/mol. The summed E-state index contributed by atoms with van der Waals surface area (Å²) in [7, 11) is 0. The molecule has 2 heterocycles. The molecule has 8 nitrogen and oxygen atoms in total. The largest absolute Gasteiger partial charge is 0.444 e. The van der Waals surface area contributed by atoms with Gasteiger partial charge in [-0.2, -0.15) is 0 Å². The van der Waals surface area contributed by atoms with Crippen LogP contribution in [0.25, 0.3) is 0 Å². The van der Waals surface area contributed by atoms with Gasteiger partial charge >= 0.3 is 12.1 Å². The van der Waals surface area contributed by atoms with Crippen molar-refractivity contribution in [3.05, 3.63) is 53.2 Å². The third-order valence-corrected chi connectivity index (χ3v) is 4.82. The Labute approximate surface area is 187 Å². The van der Waals surface area contributed by atoms with Gasteiger partial charge < -0.3 is 15.0 Å². The lowest BCUT2D eigenvalue weighted by Crippen LogP contribution is -2.49. The van der Waals surface area contributed by atoms with E-state index in [-0.39, 0.29) is 12.1 Å². The molecule has 0 bridgehead atoms. The maximum Gasteiger partial charge on any atom is 0.410 e. The number of carbonyl (C=O) groups is 2. The average molecular weight is 446 g/mol. The first kappa shape index (κ1) is 22.8. The molecule has 0 aliphatic carbocycles. The van der Waals surface area contributed by atoms with E-state index < -0.39 is 5.60 Å². The van der Waals surface area contributed by atoms with Gasteiger partial charge in [-0.25, -0.2) is 14.6 Å². The van der Waals surface area contributed by atoms with Crippen LogP contribution >= 0.6 is 11.6 Å². The number of nitrogens with one attached hydrogen (secondary N) is 2. The Hall–Kier alpha value is -2.84. The number of anilines is 2. The van der Waals surface area contributed by atoms with Crippen molar-refractivity contribution in [2.75, 3.05) is 36.8 Å². The molecule has 1 aliphatic heterocycles. The van der Waals surface area contributed by atoms with Gasteiger partial charge in [-0.15, -0.1) is 0 Å². The van der Waals surface area contributed by atoms with Crippen LogP contribution in [0.4, 0.5) is 21.1 Å². The highest BCUT2D eigenvalue weighted by molar-refractivity contribution is 6.30. The molecule has 2 N–H and O–H groups in total. The molecule has 1 aliphatic rings. The molecular formula is C22H28ClN5O3. The molecule has 0 spiro atoms. The number of piperazine rings is 1. The topological polar surface area (TPSA) is 86.8 Å². The Balaban J connectivity index is 1.59. The number of carbonyl (C=O) groups excluding carboxylic acids is 2. The van der Waals surface area contributed by atoms with Crippen LogP contribution in [-0.2, 0) is 11.3 Å². The SMILES string of the molecule is CC(C)(C)OC(=O)N1CCN(Cc2cc(Cl)cnc2NC(=O)Nc2ccccc2)CC1. The molecule has 0 radical (unpaired) electrons. The number of urea groups is 1. The van der Waals surface area contributed by atoms with Crippen molar-refractivity contribution in [3.63, 3.8) is 0 Å². The van der Waals surface area contributed by atoms with Crippen molar-refractivity contribution >= 4 is 35.2 Å². The fourth-order valence-corrected chi connectivity index (χ4v) is 3.34. The number of hydrogen-bond acceptors (Lipinski definition) is 5. The first-order valence-electron chi connectivity index (χ1n) is 10.2. The molecule has 0 saturated carbocycles. The summed E-state index contributed by atoms with van der Waals surface area (Å²) in [6.45, 7) is 8.63. The van der Waals surface area contributed by atoms with Crippen LogP contribution in [0.2, 0.25) is 5.02 Å². The highest BCUT2D eigenvalue weighted by Crippen LogP contribution is 2.21. The van der Waals surface area contributed by atoms with Crippen molar-refractivity contribution in [1.82, 2.24) is 14.8 Å². The summed E-state index contributed by atoms with van der Waals surface area (Å²) in [5, 5.41) is 6.07. The van der Waals surface area contributed by atoms with Crippen molar-refractivity contribution in [2.45, 2.75) is 32.9 Å². The Morgan fingerprint density at radius 1 is 1.10 bits per heavy atom. The molecule has 166 valence electrons. The van der Waals surface area contributed by atoms with Gasteiger partial charge in [0.25, 0.3) is 0 Å². The van der Waals surface area contributed by atoms with Crippen LogP contribution in [0.15, 0.2) is 42.6 Å². The molecule has 1 aromatic carbocycles. The quantitative estimate of drug-likeness (QED) is 0.726. The van der Waals surface area contributed by atoms with Gasteiger partial charge in [0.1, 0.15) is 11.4 Å². The number of nitrogens with zero attached hydrogens (tertiary/aromatic N) is 3. The minimum atomic E-state index is -0.512. The lowest BCUT2D eigenvalue weighted by atomic mass is 10.2. The fourth-order valence-electron chi connectivity index (χ4n) is 3.16. The molecule has 2 aromatic rings. The molecule has 0 unspecified atom stereocenters. The number of para-hydroxylation sites is 1. The first-order valence-corrected chi connectivity index (χ1v) is 10.6. The first-order chi connectivity index (χ1) is 14.7. The van der Waals surface area contributed by atoms with Crippen LogP contribution < -0.4 is 10.6 Å². The number of pyridine rings is 1. The van der Waals surface area contributed by atoms with Crippen molar-refractivity contribution in [2.24, 2.45) is 0 Å². The summed E-state index contributed by atoms with van der Waals surface area (Å²) in [6.07, 6.45) is 1.21. The summed E-state index contributed by atoms with van der Waals surface area (Å²) in [5.41, 5.74) is 0.983. The molecule has 9 heteroatoms. The van der Waals surface area contributed by atoms with Gasteiger partial charge in [-0.3, -0.25) is 10.2 Å². The summed E-state index contributed by atoms with van der Waals surface area (Å²) < 4.78 is 5.44. The zero-order chi connectivity index (χ0) is 22.4. The molecule has 3 amide bonds. The van der Waals surface area contributed by atoms with Crippen LogP contribution in [0.5, 0.6) is 0 Å². The van der Waals surface area contributed by atoms with Crippen molar-refractivity contribution < 1.29 is 14.3 Å². The number of hydrogen-bond donors (Lipinski definition) is 2. The second kappa shape index (κ2) is 9.98. The smallest absolute Gasteiger partial charge is 0.410 e. The van der Waals surface area contributed by atoms with Gasteiger partial charge in [0.2, 0.25) is 0 Å². The van der Waals surface area contributed by atoms with Crippen molar-refractivity contribution in [1.29, 1.82) is 0 Å². The number of halogens is 1. The Kier molecular flexibility index (Phi) is 7.35. The van der Waals surface area contributed by atoms with E-state index in [1.807, 2.05) is 39.0 Å². The standard InChI is InChI=1S/C22H28ClN5O3/c1-22(2,3)31-21(30)28-11-9-27(10-12-28)15-16-13-17(23)14-24-19(16)26-20(29)25-18-7-5-4-6-8-18/h4-8,13-14H,9-12,15H2,1-3H3,(H2,24,25,26,29). The highest BCUT2D eigenvalue weighted by Gasteiger charge is 2.26. The average Bonchev–Trinajstić information content (AvgIpc) is 2.70. The van der Waals surface area contributed by atoms with E-state index >= 15 is 0 Å². The van der Waals surface area contributed by atoms with E-state index in [4.69, 9.17) is 16.3 Å². The van der Waals surface area contributed by atoms with Crippen LogP contribution in [0.1, 0.15) is 26.3 Å². The molecule has 1 saturated heterocycles. The molecule has 1 aromatic heterocycles. The monoisotopic (exact) mass is 445 g/mol. The second-order valence-corrected chi connectivity index (χ2v) is 8.79. The Bertz CT molecular complexity index is 909. The van der Waals surface area contributed by atoms with Crippen LogP contribution in [-0.4, -0.2) is 58.7 Å². The molecule has 3 rings (SSSR count). The maximum absolute atomic E-state index is 12.4. The lowest BCUT2D eigenvalue weighted by molar-refractivity contribution is 0.0139. The van der Waals surface area contributed by atoms with Gasteiger partial charge in [0, 0.05) is 50.2 Å². The van der Waals surface area contributed by atoms with Gasteiger partial charge in [-0.05, 0) is 39.0 Å². The number of ether oxygens (including phenoxy) is 1. The van der Waals surface area contributed by atoms with Gasteiger partial charge in [0.05, 0.1) is 5.02 Å². The lowest BCUT2D eigenvalue weighted by Gasteiger charge is -2.35. The van der Waals surface area contributed by atoms with Crippen molar-refractivity contribution in [3.8, 4) is 0 Å². The fraction of sp³-hybridized carbons (Fsp3) is 0.409. The van der Waals surface area contributed by atoms with E-state index in [0.717, 1.165) is 5.56 Å². The third-order valence-electron chi connectivity index (χ3n) is 4.61. The van der Waals surface area contributed by atoms with Gasteiger partial charge in [0.15, 0.2) is 0 Å². The molecule has 1 fully saturated rings. The molecule has 0 atom stereocenters. The van der Waals surface area contributed by atoms with E-state index in [9.17, 15) is 9.59 Å². The summed E-state index contributed by atoms with van der Waals surface area (Å²) in [5.74, 6) is 0.451. The number of benzene rings is 1. The van der Waals surface area contributed by atoms with Gasteiger partial charge in [-0.1, -0.05) is 29.8 Å². The predicted octanol–water partition coefficient (Wildman–Crippen LogP) is 4.43. The third kappa shape index (κ3) is 7.11. The summed E-state index contributed by atoms with van der Waals surface area (Å²) in [6, 6.07) is 10.6. The number of aromatic nitrogens is 1. The van der Waals surface area contributed by atoms with E-state index in [1.165, 1.54) is 6.20 Å². The summed E-state index contributed by atoms with van der Waals surface area (Å²) in [4.78, 5) is 32.8. The highest BCUT2D eigenvalue weighted by atomic mass is 35.5. The Morgan fingerprint density at radius 3 is 2.42 bits per heavy atom. The summed E-state index contributed by atoms with van der Waals surface area (Å²) >= 11 is 6.15. The number of amides is 3. The Morgan fingerprint density at radius 2 is 1.77 bits per heavy atom. The minimum absolute atomic E-state index is 0.295. The van der Waals surface area contributed by atoms with Crippen LogP contribution in [0.3, 0.4) is 0 Å². The van der Waals surface area contributed by atoms with E-state index in [1.54, 1.807) is 23.1 Å². The zero-order valence-electron chi connectivity index (χ0n) is 18.0. The van der Waals surface area contributed by atoms with E-state index in [0.29, 0.717) is 49.3 Å². The second-order valence-electron chi connectivity index (χ2n) is 8.35. The van der Waals surface area contributed by atoms with Crippen LogP contribution in [0, 0.1) is 0 Å². The normalized spacial score (nSPS) is 14.8. The minimum Gasteiger partial charge on any atom is -0.444 e. The molecule has 31 heavy (non-hydrogen) atoms.